The van der Waals surface area contributed by atoms with Crippen LogP contribution in [0.25, 0.3) is 0 Å². The van der Waals surface area contributed by atoms with Crippen molar-refractivity contribution in [1.82, 2.24) is 10.2 Å². The van der Waals surface area contributed by atoms with Gasteiger partial charge in [0.1, 0.15) is 11.8 Å². The summed E-state index contributed by atoms with van der Waals surface area (Å²) in [4.78, 5) is 26.9. The molecule has 25 heavy (non-hydrogen) atoms. The first-order valence-electron chi connectivity index (χ1n) is 8.85. The summed E-state index contributed by atoms with van der Waals surface area (Å²) in [5, 5.41) is 2.87. The SMILES string of the molecule is CSCC[C@H](NC(=O)COc1ccccc1)C(=O)N1CCC[C@H](C)C1. The van der Waals surface area contributed by atoms with Crippen LogP contribution in [-0.4, -0.2) is 54.5 Å². The van der Waals surface area contributed by atoms with Crippen molar-refractivity contribution in [1.29, 1.82) is 0 Å². The number of ether oxygens (including phenoxy) is 1. The maximum absolute atomic E-state index is 12.8. The molecule has 0 spiro atoms. The number of rotatable bonds is 8. The van der Waals surface area contributed by atoms with Crippen molar-refractivity contribution >= 4 is 23.6 Å². The Morgan fingerprint density at radius 2 is 2.12 bits per heavy atom. The van der Waals surface area contributed by atoms with Gasteiger partial charge >= 0.3 is 0 Å². The third kappa shape index (κ3) is 6.61. The fourth-order valence-electron chi connectivity index (χ4n) is 3.00. The lowest BCUT2D eigenvalue weighted by molar-refractivity contribution is -0.138. The molecule has 5 nitrogen and oxygen atoms in total. The Kier molecular flexibility index (Phi) is 8.12. The van der Waals surface area contributed by atoms with E-state index in [0.717, 1.165) is 31.7 Å². The highest BCUT2D eigenvalue weighted by Crippen LogP contribution is 2.17. The van der Waals surface area contributed by atoms with E-state index in [-0.39, 0.29) is 18.4 Å². The highest BCUT2D eigenvalue weighted by Gasteiger charge is 2.28. The molecule has 1 saturated heterocycles. The van der Waals surface area contributed by atoms with Gasteiger partial charge in [-0.3, -0.25) is 9.59 Å². The lowest BCUT2D eigenvalue weighted by atomic mass is 9.99. The van der Waals surface area contributed by atoms with Crippen LogP contribution in [0, 0.1) is 5.92 Å². The molecular formula is C19H28N2O3S. The number of carbonyl (C=O) groups excluding carboxylic acids is 2. The van der Waals surface area contributed by atoms with Gasteiger partial charge in [0.25, 0.3) is 5.91 Å². The van der Waals surface area contributed by atoms with E-state index < -0.39 is 6.04 Å². The van der Waals surface area contributed by atoms with Crippen LogP contribution in [0.4, 0.5) is 0 Å². The minimum atomic E-state index is -0.468. The van der Waals surface area contributed by atoms with E-state index in [0.29, 0.717) is 18.1 Å². The number of amides is 2. The number of para-hydroxylation sites is 1. The molecule has 2 atom stereocenters. The van der Waals surface area contributed by atoms with Crippen molar-refractivity contribution in [3.63, 3.8) is 0 Å². The van der Waals surface area contributed by atoms with E-state index in [9.17, 15) is 9.59 Å². The summed E-state index contributed by atoms with van der Waals surface area (Å²) in [5.41, 5.74) is 0. The van der Waals surface area contributed by atoms with Gasteiger partial charge in [-0.1, -0.05) is 25.1 Å². The van der Waals surface area contributed by atoms with Crippen LogP contribution in [0.1, 0.15) is 26.2 Å². The van der Waals surface area contributed by atoms with Gasteiger partial charge in [-0.05, 0) is 49.3 Å². The maximum atomic E-state index is 12.8. The maximum Gasteiger partial charge on any atom is 0.258 e. The number of carbonyl (C=O) groups is 2. The average molecular weight is 365 g/mol. The van der Waals surface area contributed by atoms with Gasteiger partial charge in [-0.15, -0.1) is 0 Å². The first-order chi connectivity index (χ1) is 12.1. The summed E-state index contributed by atoms with van der Waals surface area (Å²) in [6.45, 7) is 3.66. The van der Waals surface area contributed by atoms with Crippen LogP contribution in [0.3, 0.4) is 0 Å². The van der Waals surface area contributed by atoms with Crippen molar-refractivity contribution in [3.05, 3.63) is 30.3 Å². The topological polar surface area (TPSA) is 58.6 Å². The van der Waals surface area contributed by atoms with Gasteiger partial charge in [-0.2, -0.15) is 11.8 Å². The van der Waals surface area contributed by atoms with Crippen molar-refractivity contribution < 1.29 is 14.3 Å². The molecule has 1 aromatic carbocycles. The van der Waals surface area contributed by atoms with Crippen LogP contribution in [0.5, 0.6) is 5.75 Å². The molecule has 138 valence electrons. The number of hydrogen-bond acceptors (Lipinski definition) is 4. The highest BCUT2D eigenvalue weighted by atomic mass is 32.2. The van der Waals surface area contributed by atoms with Gasteiger partial charge in [-0.25, -0.2) is 0 Å². The second-order valence-corrected chi connectivity index (χ2v) is 7.52. The zero-order valence-electron chi connectivity index (χ0n) is 15.1. The van der Waals surface area contributed by atoms with Gasteiger partial charge in [0.05, 0.1) is 0 Å². The number of likely N-dealkylation sites (tertiary alicyclic amines) is 1. The minimum absolute atomic E-state index is 0.0358. The largest absolute Gasteiger partial charge is 0.484 e. The van der Waals surface area contributed by atoms with E-state index in [2.05, 4.69) is 12.2 Å². The number of nitrogens with zero attached hydrogens (tertiary/aromatic N) is 1. The molecule has 1 heterocycles. The zero-order valence-corrected chi connectivity index (χ0v) is 15.9. The van der Waals surface area contributed by atoms with E-state index in [4.69, 9.17) is 4.74 Å². The molecule has 0 aromatic heterocycles. The fraction of sp³-hybridized carbons (Fsp3) is 0.579. The molecule has 1 N–H and O–H groups in total. The standard InChI is InChI=1S/C19H28N2O3S/c1-15-7-6-11-21(13-15)19(23)17(10-12-25-2)20-18(22)14-24-16-8-4-3-5-9-16/h3-5,8-9,15,17H,6-7,10-14H2,1-2H3,(H,20,22)/t15-,17-/m0/s1. The summed E-state index contributed by atoms with van der Waals surface area (Å²) in [6.07, 6.45) is 4.84. The number of benzene rings is 1. The smallest absolute Gasteiger partial charge is 0.258 e. The molecule has 0 unspecified atom stereocenters. The van der Waals surface area contributed by atoms with Gasteiger partial charge in [0, 0.05) is 13.1 Å². The average Bonchev–Trinajstić information content (AvgIpc) is 2.63. The number of hydrogen-bond donors (Lipinski definition) is 1. The first kappa shape index (κ1) is 19.6. The van der Waals surface area contributed by atoms with Gasteiger partial charge in [0.15, 0.2) is 6.61 Å². The minimum Gasteiger partial charge on any atom is -0.484 e. The Labute approximate surface area is 154 Å². The molecule has 1 aliphatic heterocycles. The molecule has 1 aromatic rings. The van der Waals surface area contributed by atoms with Crippen molar-refractivity contribution in [2.45, 2.75) is 32.2 Å². The second-order valence-electron chi connectivity index (χ2n) is 6.53. The van der Waals surface area contributed by atoms with E-state index in [1.807, 2.05) is 29.4 Å². The molecule has 6 heteroatoms. The molecule has 2 amide bonds. The van der Waals surface area contributed by atoms with Crippen LogP contribution < -0.4 is 10.1 Å². The Morgan fingerprint density at radius 3 is 2.80 bits per heavy atom. The molecule has 0 saturated carbocycles. The molecule has 0 radical (unpaired) electrons. The molecule has 1 fully saturated rings. The molecule has 0 aliphatic carbocycles. The predicted octanol–water partition coefficient (Wildman–Crippen LogP) is 2.56. The first-order valence-corrected chi connectivity index (χ1v) is 10.2. The Bertz CT molecular complexity index is 553. The van der Waals surface area contributed by atoms with E-state index in [1.165, 1.54) is 0 Å². The fourth-order valence-corrected chi connectivity index (χ4v) is 3.48. The lowest BCUT2D eigenvalue weighted by Crippen LogP contribution is -2.52. The summed E-state index contributed by atoms with van der Waals surface area (Å²) < 4.78 is 5.47. The summed E-state index contributed by atoms with van der Waals surface area (Å²) >= 11 is 1.68. The number of piperidine rings is 1. The van der Waals surface area contributed by atoms with E-state index in [1.54, 1.807) is 23.9 Å². The molecule has 0 bridgehead atoms. The van der Waals surface area contributed by atoms with Crippen LogP contribution in [0.15, 0.2) is 30.3 Å². The van der Waals surface area contributed by atoms with Crippen LogP contribution in [0.2, 0.25) is 0 Å². The highest BCUT2D eigenvalue weighted by molar-refractivity contribution is 7.98. The van der Waals surface area contributed by atoms with Gasteiger partial charge in [0.2, 0.25) is 5.91 Å². The van der Waals surface area contributed by atoms with E-state index >= 15 is 0 Å². The molecular weight excluding hydrogens is 336 g/mol. The third-order valence-corrected chi connectivity index (χ3v) is 4.97. The van der Waals surface area contributed by atoms with Crippen molar-refractivity contribution in [2.75, 3.05) is 31.7 Å². The summed E-state index contributed by atoms with van der Waals surface area (Å²) in [6, 6.07) is 8.75. The quantitative estimate of drug-likeness (QED) is 0.770. The Hall–Kier alpha value is -1.69. The Balaban J connectivity index is 1.89. The zero-order chi connectivity index (χ0) is 18.1. The number of thioether (sulfide) groups is 1. The van der Waals surface area contributed by atoms with Crippen LogP contribution >= 0.6 is 11.8 Å². The monoisotopic (exact) mass is 364 g/mol. The van der Waals surface area contributed by atoms with Gasteiger partial charge < -0.3 is 15.0 Å². The third-order valence-electron chi connectivity index (χ3n) is 4.33. The van der Waals surface area contributed by atoms with Crippen molar-refractivity contribution in [2.24, 2.45) is 5.92 Å². The molecule has 2 rings (SSSR count). The van der Waals surface area contributed by atoms with Crippen molar-refractivity contribution in [3.8, 4) is 5.75 Å². The predicted molar refractivity (Wildman–Crippen MR) is 102 cm³/mol. The lowest BCUT2D eigenvalue weighted by Gasteiger charge is -2.33. The summed E-state index contributed by atoms with van der Waals surface area (Å²) in [7, 11) is 0. The number of nitrogens with one attached hydrogen (secondary N) is 1. The molecule has 1 aliphatic rings. The normalized spacial score (nSPS) is 18.5. The van der Waals surface area contributed by atoms with Crippen LogP contribution in [-0.2, 0) is 9.59 Å². The Morgan fingerprint density at radius 1 is 1.36 bits per heavy atom. The summed E-state index contributed by atoms with van der Waals surface area (Å²) in [5.74, 6) is 1.78. The second kappa shape index (κ2) is 10.3.